The summed E-state index contributed by atoms with van der Waals surface area (Å²) in [7, 11) is 0. The molecule has 0 unspecified atom stereocenters. The van der Waals surface area contributed by atoms with Gasteiger partial charge in [0.25, 0.3) is 0 Å². The summed E-state index contributed by atoms with van der Waals surface area (Å²) in [4.78, 5) is 8.67. The molecule has 0 saturated carbocycles. The maximum atomic E-state index is 5.43. The van der Waals surface area contributed by atoms with Crippen molar-refractivity contribution in [3.05, 3.63) is 52.9 Å². The van der Waals surface area contributed by atoms with Crippen molar-refractivity contribution in [2.75, 3.05) is 10.7 Å². The third kappa shape index (κ3) is 2.59. The van der Waals surface area contributed by atoms with Crippen LogP contribution in [0.4, 0.5) is 11.6 Å². The van der Waals surface area contributed by atoms with Gasteiger partial charge in [0.05, 0.1) is 6.20 Å². The van der Waals surface area contributed by atoms with Gasteiger partial charge in [-0.2, -0.15) is 0 Å². The van der Waals surface area contributed by atoms with Gasteiger partial charge in [-0.05, 0) is 17.7 Å². The molecule has 0 aliphatic carbocycles. The van der Waals surface area contributed by atoms with E-state index in [2.05, 4.69) is 42.7 Å². The zero-order valence-electron chi connectivity index (χ0n) is 10.5. The van der Waals surface area contributed by atoms with E-state index in [9.17, 15) is 0 Å². The zero-order chi connectivity index (χ0) is 13.9. The number of fused-ring (bicyclic) bond motifs is 1. The second-order valence-electron chi connectivity index (χ2n) is 4.26. The summed E-state index contributed by atoms with van der Waals surface area (Å²) in [6.45, 7) is 0.656. The van der Waals surface area contributed by atoms with Gasteiger partial charge in [0.1, 0.15) is 0 Å². The van der Waals surface area contributed by atoms with Crippen molar-refractivity contribution < 1.29 is 0 Å². The number of anilines is 2. The number of rotatable bonds is 4. The van der Waals surface area contributed by atoms with Crippen molar-refractivity contribution >= 4 is 33.2 Å². The quantitative estimate of drug-likeness (QED) is 0.505. The molecular formula is C13H13BrN6. The van der Waals surface area contributed by atoms with Crippen LogP contribution < -0.4 is 16.6 Å². The number of hydrazine groups is 1. The van der Waals surface area contributed by atoms with Crippen LogP contribution in [-0.4, -0.2) is 14.4 Å². The number of aromatic nitrogens is 3. The molecule has 1 aromatic carbocycles. The molecule has 20 heavy (non-hydrogen) atoms. The predicted octanol–water partition coefficient (Wildman–Crippen LogP) is 2.39. The summed E-state index contributed by atoms with van der Waals surface area (Å²) in [6.07, 6.45) is 5.36. The fraction of sp³-hybridized carbons (Fsp3) is 0.0769. The standard InChI is InChI=1S/C13H13BrN6/c14-10-3-1-2-9(6-10)7-17-12-13-16-4-5-20(13)8-11(18-12)19-15/h1-6,8,19H,7,15H2,(H,17,18). The molecule has 0 fully saturated rings. The van der Waals surface area contributed by atoms with Gasteiger partial charge in [-0.25, -0.2) is 15.8 Å². The number of nitrogens with two attached hydrogens (primary N) is 1. The summed E-state index contributed by atoms with van der Waals surface area (Å²) in [5.74, 6) is 6.69. The summed E-state index contributed by atoms with van der Waals surface area (Å²) in [6, 6.07) is 8.09. The first-order chi connectivity index (χ1) is 9.76. The molecule has 0 saturated heterocycles. The normalized spacial score (nSPS) is 10.7. The molecule has 102 valence electrons. The number of nitrogen functional groups attached to an aromatic ring is 1. The molecule has 0 aliphatic rings. The second kappa shape index (κ2) is 5.48. The topological polar surface area (TPSA) is 80.3 Å². The Kier molecular flexibility index (Phi) is 3.53. The van der Waals surface area contributed by atoms with E-state index < -0.39 is 0 Å². The minimum atomic E-state index is 0.576. The van der Waals surface area contributed by atoms with Crippen molar-refractivity contribution in [3.8, 4) is 0 Å². The summed E-state index contributed by atoms with van der Waals surface area (Å²) in [5, 5.41) is 3.28. The highest BCUT2D eigenvalue weighted by Gasteiger charge is 2.06. The number of halogens is 1. The molecular weight excluding hydrogens is 320 g/mol. The number of nitrogens with zero attached hydrogens (tertiary/aromatic N) is 3. The van der Waals surface area contributed by atoms with E-state index in [0.29, 0.717) is 18.2 Å². The highest BCUT2D eigenvalue weighted by Crippen LogP contribution is 2.18. The smallest absolute Gasteiger partial charge is 0.180 e. The van der Waals surface area contributed by atoms with Crippen LogP contribution >= 0.6 is 15.9 Å². The van der Waals surface area contributed by atoms with E-state index in [-0.39, 0.29) is 0 Å². The molecule has 0 radical (unpaired) electrons. The summed E-state index contributed by atoms with van der Waals surface area (Å²) >= 11 is 3.46. The third-order valence-electron chi connectivity index (χ3n) is 2.87. The van der Waals surface area contributed by atoms with Crippen LogP contribution in [0.25, 0.3) is 5.65 Å². The predicted molar refractivity (Wildman–Crippen MR) is 82.3 cm³/mol. The van der Waals surface area contributed by atoms with Crippen molar-refractivity contribution in [1.29, 1.82) is 0 Å². The van der Waals surface area contributed by atoms with Gasteiger partial charge < -0.3 is 15.1 Å². The number of nitrogens with one attached hydrogen (secondary N) is 2. The number of imidazole rings is 1. The molecule has 7 heteroatoms. The molecule has 3 aromatic rings. The SMILES string of the molecule is NNc1cn2ccnc2c(NCc2cccc(Br)c2)n1. The molecule has 0 amide bonds. The fourth-order valence-electron chi connectivity index (χ4n) is 1.95. The van der Waals surface area contributed by atoms with E-state index in [4.69, 9.17) is 5.84 Å². The Morgan fingerprint density at radius 1 is 1.35 bits per heavy atom. The highest BCUT2D eigenvalue weighted by molar-refractivity contribution is 9.10. The maximum absolute atomic E-state index is 5.43. The number of hydrogen-bond acceptors (Lipinski definition) is 5. The van der Waals surface area contributed by atoms with Gasteiger partial charge in [-0.1, -0.05) is 28.1 Å². The lowest BCUT2D eigenvalue weighted by molar-refractivity contribution is 1.06. The van der Waals surface area contributed by atoms with E-state index >= 15 is 0 Å². The molecule has 0 spiro atoms. The van der Waals surface area contributed by atoms with Crippen LogP contribution in [0, 0.1) is 0 Å². The van der Waals surface area contributed by atoms with Gasteiger partial charge in [0.15, 0.2) is 17.3 Å². The molecule has 0 bridgehead atoms. The summed E-state index contributed by atoms with van der Waals surface area (Å²) < 4.78 is 2.92. The Morgan fingerprint density at radius 3 is 3.05 bits per heavy atom. The first kappa shape index (κ1) is 12.9. The van der Waals surface area contributed by atoms with Gasteiger partial charge in [0, 0.05) is 23.4 Å². The van der Waals surface area contributed by atoms with Gasteiger partial charge in [0.2, 0.25) is 0 Å². The number of benzene rings is 1. The number of hydrogen-bond donors (Lipinski definition) is 3. The minimum Gasteiger partial charge on any atom is -0.363 e. The van der Waals surface area contributed by atoms with Crippen LogP contribution in [0.5, 0.6) is 0 Å². The third-order valence-corrected chi connectivity index (χ3v) is 3.36. The van der Waals surface area contributed by atoms with E-state index in [1.54, 1.807) is 12.4 Å². The Bertz CT molecular complexity index is 739. The second-order valence-corrected chi connectivity index (χ2v) is 5.18. The van der Waals surface area contributed by atoms with Gasteiger partial charge in [-0.3, -0.25) is 0 Å². The molecule has 4 N–H and O–H groups in total. The fourth-order valence-corrected chi connectivity index (χ4v) is 2.40. The molecule has 0 aliphatic heterocycles. The first-order valence-electron chi connectivity index (χ1n) is 6.05. The monoisotopic (exact) mass is 332 g/mol. The molecule has 0 atom stereocenters. The average Bonchev–Trinajstić information content (AvgIpc) is 2.93. The largest absolute Gasteiger partial charge is 0.363 e. The maximum Gasteiger partial charge on any atom is 0.180 e. The van der Waals surface area contributed by atoms with Crippen molar-refractivity contribution in [2.45, 2.75) is 6.54 Å². The molecule has 2 aromatic heterocycles. The molecule has 2 heterocycles. The average molecular weight is 333 g/mol. The Morgan fingerprint density at radius 2 is 2.25 bits per heavy atom. The van der Waals surface area contributed by atoms with Crippen LogP contribution in [0.15, 0.2) is 47.3 Å². The van der Waals surface area contributed by atoms with Crippen LogP contribution in [-0.2, 0) is 6.54 Å². The Labute approximate surface area is 124 Å². The van der Waals surface area contributed by atoms with E-state index in [1.165, 1.54) is 0 Å². The van der Waals surface area contributed by atoms with Crippen molar-refractivity contribution in [3.63, 3.8) is 0 Å². The lowest BCUT2D eigenvalue weighted by atomic mass is 10.2. The summed E-state index contributed by atoms with van der Waals surface area (Å²) in [5.41, 5.74) is 4.46. The highest BCUT2D eigenvalue weighted by atomic mass is 79.9. The Hall–Kier alpha value is -2.12. The van der Waals surface area contributed by atoms with Crippen LogP contribution in [0.3, 0.4) is 0 Å². The molecule has 6 nitrogen and oxygen atoms in total. The van der Waals surface area contributed by atoms with Crippen LogP contribution in [0.2, 0.25) is 0 Å². The van der Waals surface area contributed by atoms with Crippen molar-refractivity contribution in [2.24, 2.45) is 5.84 Å². The van der Waals surface area contributed by atoms with Gasteiger partial charge in [-0.15, -0.1) is 0 Å². The first-order valence-corrected chi connectivity index (χ1v) is 6.84. The van der Waals surface area contributed by atoms with Gasteiger partial charge >= 0.3 is 0 Å². The zero-order valence-corrected chi connectivity index (χ0v) is 12.1. The molecule has 3 rings (SSSR count). The Balaban J connectivity index is 1.88. The van der Waals surface area contributed by atoms with Crippen LogP contribution in [0.1, 0.15) is 5.56 Å². The van der Waals surface area contributed by atoms with Crippen molar-refractivity contribution in [1.82, 2.24) is 14.4 Å². The lowest BCUT2D eigenvalue weighted by Gasteiger charge is -2.09. The lowest BCUT2D eigenvalue weighted by Crippen LogP contribution is -2.12. The minimum absolute atomic E-state index is 0.576. The van der Waals surface area contributed by atoms with E-state index in [1.807, 2.05) is 28.8 Å². The van der Waals surface area contributed by atoms with E-state index in [0.717, 1.165) is 15.7 Å².